The second kappa shape index (κ2) is 8.95. The lowest BCUT2D eigenvalue weighted by molar-refractivity contribution is -0.277. The summed E-state index contributed by atoms with van der Waals surface area (Å²) in [6.07, 6.45) is -8.99. The number of aliphatic hydroxyl groups excluding tert-OH is 5. The number of hydrogen-bond donors (Lipinski definition) is 5. The number of ether oxygens (including phenoxy) is 2. The van der Waals surface area contributed by atoms with E-state index in [1.54, 1.807) is 48.5 Å². The van der Waals surface area contributed by atoms with E-state index in [9.17, 15) is 30.3 Å². The molecule has 2 fully saturated rings. The smallest absolute Gasteiger partial charge is 0.242 e. The highest BCUT2D eigenvalue weighted by molar-refractivity contribution is 6.19. The molecule has 2 aromatic carbocycles. The third kappa shape index (κ3) is 3.72. The zero-order valence-electron chi connectivity index (χ0n) is 17.8. The average molecular weight is 472 g/mol. The lowest BCUT2D eigenvalue weighted by atomic mass is 9.94. The first kappa shape index (κ1) is 22.7. The molecule has 2 saturated heterocycles. The largest absolute Gasteiger partial charge is 0.462 e. The van der Waals surface area contributed by atoms with E-state index in [0.717, 1.165) is 0 Å². The Balaban J connectivity index is 1.31. The zero-order chi connectivity index (χ0) is 24.0. The number of carbonyl (C=O) groups excluding carboxylic acids is 1. The van der Waals surface area contributed by atoms with Gasteiger partial charge < -0.3 is 39.8 Å². The van der Waals surface area contributed by atoms with Crippen LogP contribution in [0, 0.1) is 5.92 Å². The first-order valence-corrected chi connectivity index (χ1v) is 10.8. The Labute approximate surface area is 194 Å². The molecule has 3 aliphatic rings. The Morgan fingerprint density at radius 3 is 2.32 bits per heavy atom. The Hall–Kier alpha value is -3.06. The molecule has 0 radical (unpaired) electrons. The van der Waals surface area contributed by atoms with Crippen molar-refractivity contribution in [3.8, 4) is 5.75 Å². The number of benzene rings is 2. The molecule has 0 aromatic heterocycles. The molecular formula is C23H24N2O9. The van der Waals surface area contributed by atoms with Gasteiger partial charge in [0.25, 0.3) is 0 Å². The van der Waals surface area contributed by atoms with Crippen LogP contribution in [0.15, 0.2) is 59.8 Å². The predicted molar refractivity (Wildman–Crippen MR) is 116 cm³/mol. The van der Waals surface area contributed by atoms with E-state index in [2.05, 4.69) is 5.16 Å². The van der Waals surface area contributed by atoms with Crippen LogP contribution in [-0.4, -0.2) is 86.8 Å². The van der Waals surface area contributed by atoms with Crippen molar-refractivity contribution in [3.63, 3.8) is 0 Å². The molecule has 0 aliphatic carbocycles. The van der Waals surface area contributed by atoms with Gasteiger partial charge in [-0.1, -0.05) is 23.4 Å². The number of aliphatic hydroxyl groups is 5. The Morgan fingerprint density at radius 1 is 0.941 bits per heavy atom. The molecule has 0 saturated carbocycles. The summed E-state index contributed by atoms with van der Waals surface area (Å²) in [6, 6.07) is 15.2. The highest BCUT2D eigenvalue weighted by atomic mass is 16.7. The number of amides is 1. The van der Waals surface area contributed by atoms with Gasteiger partial charge in [0.1, 0.15) is 41.8 Å². The topological polar surface area (TPSA) is 162 Å². The van der Waals surface area contributed by atoms with E-state index in [0.29, 0.717) is 17.0 Å². The number of hydrogen-bond acceptors (Lipinski definition) is 10. The van der Waals surface area contributed by atoms with E-state index >= 15 is 0 Å². The van der Waals surface area contributed by atoms with Crippen LogP contribution in [-0.2, 0) is 14.4 Å². The molecule has 5 rings (SSSR count). The SMILES string of the molecule is O=C1[C@H]2C(c3ccc(OC4OC(CO)C(O)C(O)C4O)cc3)=NO[C@H]2[C@H](O)N1c1ccccc1. The molecule has 5 unspecified atom stereocenters. The van der Waals surface area contributed by atoms with E-state index in [1.807, 2.05) is 6.07 Å². The van der Waals surface area contributed by atoms with Crippen molar-refractivity contribution >= 4 is 17.3 Å². The van der Waals surface area contributed by atoms with Gasteiger partial charge in [0.2, 0.25) is 12.2 Å². The zero-order valence-corrected chi connectivity index (χ0v) is 17.8. The molecule has 8 atom stereocenters. The number of oxime groups is 1. The number of carbonyl (C=O) groups is 1. The maximum atomic E-state index is 13.1. The summed E-state index contributed by atoms with van der Waals surface area (Å²) in [4.78, 5) is 19.8. The Kier molecular flexibility index (Phi) is 5.98. The van der Waals surface area contributed by atoms with Crippen molar-refractivity contribution in [2.24, 2.45) is 11.1 Å². The lowest BCUT2D eigenvalue weighted by Gasteiger charge is -2.39. The molecule has 0 spiro atoms. The number of nitrogens with zero attached hydrogens (tertiary/aromatic N) is 2. The quantitative estimate of drug-likeness (QED) is 0.366. The number of anilines is 1. The molecule has 3 heterocycles. The summed E-state index contributed by atoms with van der Waals surface area (Å²) in [5.74, 6) is -0.846. The maximum absolute atomic E-state index is 13.1. The van der Waals surface area contributed by atoms with Crippen molar-refractivity contribution in [1.29, 1.82) is 0 Å². The number of rotatable bonds is 5. The van der Waals surface area contributed by atoms with Crippen LogP contribution in [0.5, 0.6) is 5.75 Å². The van der Waals surface area contributed by atoms with Gasteiger partial charge in [-0.3, -0.25) is 9.69 Å². The van der Waals surface area contributed by atoms with Crippen LogP contribution in [0.1, 0.15) is 5.56 Å². The Bertz CT molecular complexity index is 1060. The summed E-state index contributed by atoms with van der Waals surface area (Å²) in [7, 11) is 0. The molecule has 11 nitrogen and oxygen atoms in total. The van der Waals surface area contributed by atoms with E-state index < -0.39 is 55.6 Å². The van der Waals surface area contributed by atoms with Crippen LogP contribution < -0.4 is 9.64 Å². The summed E-state index contributed by atoms with van der Waals surface area (Å²) in [6.45, 7) is -0.563. The molecule has 5 N–H and O–H groups in total. The highest BCUT2D eigenvalue weighted by Gasteiger charge is 2.55. The minimum absolute atomic E-state index is 0.271. The van der Waals surface area contributed by atoms with E-state index in [1.165, 1.54) is 4.90 Å². The van der Waals surface area contributed by atoms with Crippen LogP contribution in [0.4, 0.5) is 5.69 Å². The molecule has 180 valence electrons. The Morgan fingerprint density at radius 2 is 1.65 bits per heavy atom. The van der Waals surface area contributed by atoms with Crippen LogP contribution in [0.2, 0.25) is 0 Å². The third-order valence-electron chi connectivity index (χ3n) is 6.24. The van der Waals surface area contributed by atoms with Gasteiger partial charge in [-0.05, 0) is 36.4 Å². The van der Waals surface area contributed by atoms with Gasteiger partial charge >= 0.3 is 0 Å². The normalized spacial score (nSPS) is 35.0. The third-order valence-corrected chi connectivity index (χ3v) is 6.24. The summed E-state index contributed by atoms with van der Waals surface area (Å²) in [5, 5.41) is 53.9. The fraction of sp³-hybridized carbons (Fsp3) is 0.391. The summed E-state index contributed by atoms with van der Waals surface area (Å²) < 4.78 is 10.9. The van der Waals surface area contributed by atoms with Crippen LogP contribution in [0.3, 0.4) is 0 Å². The van der Waals surface area contributed by atoms with Crippen molar-refractivity contribution in [2.45, 2.75) is 43.0 Å². The molecule has 34 heavy (non-hydrogen) atoms. The summed E-state index contributed by atoms with van der Waals surface area (Å²) >= 11 is 0. The van der Waals surface area contributed by atoms with E-state index in [-0.39, 0.29) is 11.7 Å². The van der Waals surface area contributed by atoms with Gasteiger partial charge in [0.05, 0.1) is 6.61 Å². The predicted octanol–water partition coefficient (Wildman–Crippen LogP) is -1.05. The van der Waals surface area contributed by atoms with Crippen molar-refractivity contribution < 1.29 is 44.6 Å². The maximum Gasteiger partial charge on any atom is 0.242 e. The second-order valence-corrected chi connectivity index (χ2v) is 8.32. The monoisotopic (exact) mass is 472 g/mol. The van der Waals surface area contributed by atoms with Crippen molar-refractivity contribution in [2.75, 3.05) is 11.5 Å². The van der Waals surface area contributed by atoms with Gasteiger partial charge in [0, 0.05) is 11.3 Å². The number of para-hydroxylation sites is 1. The first-order valence-electron chi connectivity index (χ1n) is 10.8. The van der Waals surface area contributed by atoms with Gasteiger partial charge in [-0.15, -0.1) is 0 Å². The summed E-state index contributed by atoms with van der Waals surface area (Å²) in [5.41, 5.74) is 1.50. The van der Waals surface area contributed by atoms with Gasteiger partial charge in [-0.2, -0.15) is 0 Å². The van der Waals surface area contributed by atoms with E-state index in [4.69, 9.17) is 14.3 Å². The standard InChI is InChI=1S/C23H24N2O9/c26-10-14-17(27)18(28)19(29)23(33-14)32-13-8-6-11(7-9-13)16-15-20(34-24-16)22(31)25(21(15)30)12-4-2-1-3-5-12/h1-9,14-15,17-20,22-23,26-29,31H,10H2/t14?,15-,17?,18?,19?,20+,22-,23?/m0/s1. The van der Waals surface area contributed by atoms with Crippen LogP contribution >= 0.6 is 0 Å². The molecule has 2 aromatic rings. The van der Waals surface area contributed by atoms with Crippen LogP contribution in [0.25, 0.3) is 0 Å². The lowest BCUT2D eigenvalue weighted by Crippen LogP contribution is -2.60. The molecule has 11 heteroatoms. The van der Waals surface area contributed by atoms with Gasteiger partial charge in [0.15, 0.2) is 12.3 Å². The van der Waals surface area contributed by atoms with Crippen molar-refractivity contribution in [3.05, 3.63) is 60.2 Å². The molecular weight excluding hydrogens is 448 g/mol. The van der Waals surface area contributed by atoms with Crippen molar-refractivity contribution in [1.82, 2.24) is 0 Å². The minimum Gasteiger partial charge on any atom is -0.462 e. The van der Waals surface area contributed by atoms with Gasteiger partial charge in [-0.25, -0.2) is 0 Å². The number of fused-ring (bicyclic) bond motifs is 1. The second-order valence-electron chi connectivity index (χ2n) is 8.32. The fourth-order valence-corrected chi connectivity index (χ4v) is 4.41. The average Bonchev–Trinajstić information content (AvgIpc) is 3.40. The highest BCUT2D eigenvalue weighted by Crippen LogP contribution is 2.37. The molecule has 3 aliphatic heterocycles. The first-order chi connectivity index (χ1) is 16.4. The fourth-order valence-electron chi connectivity index (χ4n) is 4.41. The minimum atomic E-state index is -1.55. The molecule has 1 amide bonds. The molecule has 0 bridgehead atoms.